The van der Waals surface area contributed by atoms with Gasteiger partial charge in [0.25, 0.3) is 0 Å². The van der Waals surface area contributed by atoms with E-state index in [0.717, 1.165) is 38.5 Å². The number of nitrogens with zero attached hydrogens (tertiary/aromatic N) is 1. The van der Waals surface area contributed by atoms with Crippen molar-refractivity contribution >= 4 is 19.5 Å². The Morgan fingerprint density at radius 2 is 0.815 bits per heavy atom. The first kappa shape index (κ1) is 53.0. The van der Waals surface area contributed by atoms with Gasteiger partial charge >= 0.3 is 19.5 Å². The van der Waals surface area contributed by atoms with Gasteiger partial charge in [0, 0.05) is 19.5 Å². The molecule has 0 radical (unpaired) electrons. The Kier molecular flexibility index (Phi) is 37.0. The SMILES string of the molecule is CCCCCCCCCCCCCCCCCC(=O)OC[C@H](CO[P@@](C)(=O)OCC[N+](C)(C)C)OC(=O)CCCCCCCCCCCCCCCCC. The lowest BCUT2D eigenvalue weighted by atomic mass is 10.0. The third-order valence-electron chi connectivity index (χ3n) is 10.3. The second-order valence-electron chi connectivity index (χ2n) is 17.1. The first-order valence-electron chi connectivity index (χ1n) is 23.0. The van der Waals surface area contributed by atoms with Crippen LogP contribution in [0, 0.1) is 0 Å². The summed E-state index contributed by atoms with van der Waals surface area (Å²) in [7, 11) is 2.74. The molecule has 0 saturated heterocycles. The number of ether oxygens (including phenoxy) is 2. The van der Waals surface area contributed by atoms with E-state index in [1.807, 2.05) is 21.1 Å². The lowest BCUT2D eigenvalue weighted by molar-refractivity contribution is -0.870. The molecule has 2 atom stereocenters. The minimum absolute atomic E-state index is 0.110. The van der Waals surface area contributed by atoms with E-state index in [0.29, 0.717) is 23.9 Å². The van der Waals surface area contributed by atoms with Crippen LogP contribution in [0.5, 0.6) is 0 Å². The largest absolute Gasteiger partial charge is 0.462 e. The number of esters is 2. The van der Waals surface area contributed by atoms with Crippen molar-refractivity contribution in [3.63, 3.8) is 0 Å². The third-order valence-corrected chi connectivity index (χ3v) is 11.5. The van der Waals surface area contributed by atoms with Gasteiger partial charge in [0.1, 0.15) is 19.8 Å². The van der Waals surface area contributed by atoms with Crippen molar-refractivity contribution in [2.45, 2.75) is 225 Å². The molecule has 0 aromatic carbocycles. The van der Waals surface area contributed by atoms with E-state index in [2.05, 4.69) is 13.8 Å². The molecular weight excluding hydrogens is 697 g/mol. The van der Waals surface area contributed by atoms with Crippen molar-refractivity contribution in [2.24, 2.45) is 0 Å². The number of carbonyl (C=O) groups excluding carboxylic acids is 2. The van der Waals surface area contributed by atoms with Crippen LogP contribution in [0.3, 0.4) is 0 Å². The van der Waals surface area contributed by atoms with Gasteiger partial charge < -0.3 is 23.0 Å². The molecule has 0 aliphatic heterocycles. The molecule has 0 unspecified atom stereocenters. The van der Waals surface area contributed by atoms with E-state index in [4.69, 9.17) is 18.5 Å². The molecule has 0 bridgehead atoms. The van der Waals surface area contributed by atoms with Crippen LogP contribution in [0.2, 0.25) is 0 Å². The summed E-state index contributed by atoms with van der Waals surface area (Å²) in [5.41, 5.74) is 0. The summed E-state index contributed by atoms with van der Waals surface area (Å²) >= 11 is 0. The number of hydrogen-bond donors (Lipinski definition) is 0. The number of quaternary nitrogens is 1. The predicted molar refractivity (Wildman–Crippen MR) is 228 cm³/mol. The molecule has 0 aromatic rings. The Labute approximate surface area is 335 Å². The van der Waals surface area contributed by atoms with Crippen LogP contribution in [0.4, 0.5) is 0 Å². The van der Waals surface area contributed by atoms with Gasteiger partial charge in [-0.3, -0.25) is 14.2 Å². The highest BCUT2D eigenvalue weighted by Crippen LogP contribution is 2.43. The summed E-state index contributed by atoms with van der Waals surface area (Å²) in [6.45, 7) is 6.68. The van der Waals surface area contributed by atoms with Crippen LogP contribution >= 0.6 is 7.60 Å². The first-order valence-corrected chi connectivity index (χ1v) is 25.0. The van der Waals surface area contributed by atoms with Gasteiger partial charge in [-0.25, -0.2) is 0 Å². The average Bonchev–Trinajstić information content (AvgIpc) is 3.12. The van der Waals surface area contributed by atoms with Crippen molar-refractivity contribution in [1.29, 1.82) is 0 Å². The molecule has 0 aromatic heterocycles. The monoisotopic (exact) mass is 789 g/mol. The normalized spacial score (nSPS) is 13.5. The van der Waals surface area contributed by atoms with Crippen molar-refractivity contribution in [1.82, 2.24) is 0 Å². The minimum atomic E-state index is -3.37. The van der Waals surface area contributed by atoms with Crippen LogP contribution < -0.4 is 0 Å². The maximum atomic E-state index is 12.9. The van der Waals surface area contributed by atoms with Crippen LogP contribution in [0.25, 0.3) is 0 Å². The summed E-state index contributed by atoms with van der Waals surface area (Å²) in [4.78, 5) is 25.3. The van der Waals surface area contributed by atoms with Crippen LogP contribution in [0.15, 0.2) is 0 Å². The van der Waals surface area contributed by atoms with Crippen molar-refractivity contribution in [2.75, 3.05) is 54.2 Å². The van der Waals surface area contributed by atoms with Gasteiger partial charge in [0.2, 0.25) is 0 Å². The fourth-order valence-corrected chi connectivity index (χ4v) is 7.56. The molecule has 0 rings (SSSR count). The summed E-state index contributed by atoms with van der Waals surface area (Å²) in [6, 6.07) is 0. The van der Waals surface area contributed by atoms with Crippen molar-refractivity contribution < 1.29 is 37.2 Å². The number of rotatable bonds is 42. The van der Waals surface area contributed by atoms with Crippen molar-refractivity contribution in [3.8, 4) is 0 Å². The van der Waals surface area contributed by atoms with Crippen molar-refractivity contribution in [3.05, 3.63) is 0 Å². The van der Waals surface area contributed by atoms with Gasteiger partial charge in [-0.05, 0) is 12.8 Å². The molecule has 8 nitrogen and oxygen atoms in total. The molecular formula is C45H91NO7P+. The Morgan fingerprint density at radius 3 is 1.17 bits per heavy atom. The Hall–Kier alpha value is -0.950. The van der Waals surface area contributed by atoms with Gasteiger partial charge in [0.05, 0.1) is 27.7 Å². The first-order chi connectivity index (χ1) is 26.0. The maximum Gasteiger partial charge on any atom is 0.327 e. The van der Waals surface area contributed by atoms with E-state index < -0.39 is 13.7 Å². The van der Waals surface area contributed by atoms with Gasteiger partial charge in [-0.1, -0.05) is 194 Å². The van der Waals surface area contributed by atoms with E-state index in [-0.39, 0.29) is 31.8 Å². The van der Waals surface area contributed by atoms with Gasteiger partial charge in [0.15, 0.2) is 6.10 Å². The number of carbonyl (C=O) groups is 2. The zero-order valence-electron chi connectivity index (χ0n) is 36.8. The molecule has 0 N–H and O–H groups in total. The third kappa shape index (κ3) is 40.7. The Morgan fingerprint density at radius 1 is 0.481 bits per heavy atom. The number of unbranched alkanes of at least 4 members (excludes halogenated alkanes) is 28. The molecule has 0 fully saturated rings. The molecule has 0 saturated carbocycles. The lowest BCUT2D eigenvalue weighted by Gasteiger charge is -2.25. The summed E-state index contributed by atoms with van der Waals surface area (Å²) in [5, 5.41) is 0. The molecule has 322 valence electrons. The van der Waals surface area contributed by atoms with E-state index in [1.165, 1.54) is 161 Å². The molecule has 0 aliphatic carbocycles. The highest BCUT2D eigenvalue weighted by atomic mass is 31.2. The topological polar surface area (TPSA) is 88.1 Å². The lowest BCUT2D eigenvalue weighted by Crippen LogP contribution is -2.37. The molecule has 0 aliphatic rings. The molecule has 0 spiro atoms. The fourth-order valence-electron chi connectivity index (χ4n) is 6.64. The van der Waals surface area contributed by atoms with E-state index >= 15 is 0 Å². The Balaban J connectivity index is 4.30. The van der Waals surface area contributed by atoms with E-state index in [9.17, 15) is 14.2 Å². The molecule has 0 amide bonds. The zero-order valence-corrected chi connectivity index (χ0v) is 37.7. The van der Waals surface area contributed by atoms with Crippen LogP contribution in [0.1, 0.15) is 219 Å². The predicted octanol–water partition coefficient (Wildman–Crippen LogP) is 13.5. The van der Waals surface area contributed by atoms with E-state index in [1.54, 1.807) is 0 Å². The second-order valence-corrected chi connectivity index (χ2v) is 19.2. The average molecular weight is 789 g/mol. The highest BCUT2D eigenvalue weighted by Gasteiger charge is 2.24. The number of likely N-dealkylation sites (N-methyl/N-ethyl adjacent to an activating group) is 1. The summed E-state index contributed by atoms with van der Waals surface area (Å²) in [5.74, 6) is -0.638. The molecule has 54 heavy (non-hydrogen) atoms. The van der Waals surface area contributed by atoms with Crippen LogP contribution in [-0.2, 0) is 32.7 Å². The van der Waals surface area contributed by atoms with Gasteiger partial charge in [-0.15, -0.1) is 0 Å². The molecule has 0 heterocycles. The standard InChI is InChI=1S/C45H91NO7P/c1-7-9-11-13-15-17-19-21-23-25-27-29-31-33-35-37-44(47)50-41-43(42-52-54(6,49)51-40-39-46(3,4)5)53-45(48)38-36-34-32-30-28-26-24-22-20-18-16-14-12-10-8-2/h43H,7-42H2,1-6H3/q+1/t43-,54+/m1/s1. The quantitative estimate of drug-likeness (QED) is 0.0263. The van der Waals surface area contributed by atoms with Crippen LogP contribution in [-0.4, -0.2) is 76.7 Å². The smallest absolute Gasteiger partial charge is 0.327 e. The number of hydrogen-bond acceptors (Lipinski definition) is 7. The van der Waals surface area contributed by atoms with Gasteiger partial charge in [-0.2, -0.15) is 0 Å². The highest BCUT2D eigenvalue weighted by molar-refractivity contribution is 7.52. The Bertz CT molecular complexity index is 894. The maximum absolute atomic E-state index is 12.9. The zero-order chi connectivity index (χ0) is 40.0. The molecule has 9 heteroatoms. The summed E-state index contributed by atoms with van der Waals surface area (Å²) in [6.07, 6.45) is 37.9. The minimum Gasteiger partial charge on any atom is -0.462 e. The summed E-state index contributed by atoms with van der Waals surface area (Å²) < 4.78 is 36.0. The fraction of sp³-hybridized carbons (Fsp3) is 0.956. The second kappa shape index (κ2) is 37.6.